The first kappa shape index (κ1) is 105. The Hall–Kier alpha value is -8.06. The number of unbranched alkanes of at least 4 members (excludes halogenated alkanes) is 30. The van der Waals surface area contributed by atoms with Gasteiger partial charge in [0, 0.05) is 114 Å². The van der Waals surface area contributed by atoms with Crippen molar-refractivity contribution in [2.24, 2.45) is 0 Å². The molecule has 8 atom stereocenters. The second-order valence-electron chi connectivity index (χ2n) is 34.7. The van der Waals surface area contributed by atoms with Crippen molar-refractivity contribution in [3.63, 3.8) is 0 Å². The molecule has 0 aliphatic carbocycles. The van der Waals surface area contributed by atoms with Gasteiger partial charge in [-0.15, -0.1) is 0 Å². The molecule has 4 aromatic rings. The fourth-order valence-corrected chi connectivity index (χ4v) is 16.8. The highest BCUT2D eigenvalue weighted by Crippen LogP contribution is 2.37. The second kappa shape index (κ2) is 58.5. The van der Waals surface area contributed by atoms with Crippen molar-refractivity contribution in [3.8, 4) is 11.5 Å². The number of carbonyl (C=O) groups excluding carboxylic acids is 6. The third-order valence-corrected chi connectivity index (χ3v) is 24.9. The summed E-state index contributed by atoms with van der Waals surface area (Å²) < 4.78 is 60.7. The van der Waals surface area contributed by atoms with Gasteiger partial charge < -0.3 is 72.1 Å². The van der Waals surface area contributed by atoms with Crippen LogP contribution in [0.5, 0.6) is 11.5 Å². The minimum absolute atomic E-state index is 0.0639. The minimum atomic E-state index is -1.13. The number of aliphatic hydroxyl groups is 1. The largest absolute Gasteiger partial charge is 0.493 e. The van der Waals surface area contributed by atoms with E-state index in [0.29, 0.717) is 88.7 Å². The standard InChI is InChI=1S/C49H78N4O10.C48H76N4O11/c1-7-9-10-11-12-13-14-15-16-17-18-19-20-21-22-23-30-60-41-34-39(33-36(3)38(41)5)47(57)52-28-26-51(27-29-52)42(54)24-25-43(55)63-44-40(8-2)62-48(45(44)61-32-31-59-6)53-35-37(4)46(56)50-49(53)58;1-6-7-8-9-10-11-12-13-14-15-16-17-18-19-20-21-28-60-39-32-38(31-35(2)37(39)4)46(57)51-26-24-50(25-27-51)41(54)22-23-42(55)63-43-40(34-53)62-47(44(43)61-30-29-59-5)52-33-36(3)45(56)49-48(52)58/h33-35,40,44-45,48H,7-32H2,1-6H3,(H,50,56,58);31-33,40,43-44,47,53H,6-30,34H2,1-5H3,(H,49,56,58)/t40-,44+,45?,48-;40-,43+,44?,47-/m11/s1. The number of hydrogen-bond acceptors (Lipinski definition) is 21. The summed E-state index contributed by atoms with van der Waals surface area (Å²) in [6.45, 7) is 21.7. The molecular formula is C97H154N8O21. The third-order valence-electron chi connectivity index (χ3n) is 24.9. The van der Waals surface area contributed by atoms with Crippen molar-refractivity contribution in [2.75, 3.05) is 113 Å². The van der Waals surface area contributed by atoms with Gasteiger partial charge in [-0.3, -0.25) is 57.5 Å². The first-order valence-electron chi connectivity index (χ1n) is 47.8. The van der Waals surface area contributed by atoms with Crippen LogP contribution in [0.25, 0.3) is 0 Å². The number of hydrogen-bond donors (Lipinski definition) is 3. The number of ether oxygens (including phenoxy) is 10. The Morgan fingerprint density at radius 3 is 1.01 bits per heavy atom. The SMILES string of the molecule is CCCCCCCCCCCCCCCCCCOc1cc(C(=O)N2CCN(C(=O)CCC(=O)O[C@@H]3C(OCCOC)[C@H](n4cc(C)c(=O)[nH]c4=O)O[C@@H]3CC)CC2)cc(C)c1C.CCCCCCCCCCCCCCCCCCOc1cc(C(=O)N2CCN(C(=O)CCC(=O)O[C@@H]3C(OCCOC)[C@H](n4cc(C)c(=O)[nH]c4=O)O[C@@H]3CO)CC2)cc(C)c1C. The van der Waals surface area contributed by atoms with Gasteiger partial charge >= 0.3 is 23.3 Å². The van der Waals surface area contributed by atoms with Crippen LogP contribution in [0, 0.1) is 41.5 Å². The summed E-state index contributed by atoms with van der Waals surface area (Å²) in [7, 11) is 3.02. The Morgan fingerprint density at radius 1 is 0.381 bits per heavy atom. The number of benzene rings is 2. The normalized spacial score (nSPS) is 18.8. The maximum atomic E-state index is 13.7. The van der Waals surface area contributed by atoms with Gasteiger partial charge in [-0.2, -0.15) is 0 Å². The molecule has 126 heavy (non-hydrogen) atoms. The summed E-state index contributed by atoms with van der Waals surface area (Å²) in [4.78, 5) is 141. The number of aromatic nitrogens is 4. The molecule has 6 heterocycles. The lowest BCUT2D eigenvalue weighted by molar-refractivity contribution is -0.160. The predicted octanol–water partition coefficient (Wildman–Crippen LogP) is 14.8. The molecule has 708 valence electrons. The minimum Gasteiger partial charge on any atom is -0.493 e. The van der Waals surface area contributed by atoms with Gasteiger partial charge in [0.05, 0.1) is 65.2 Å². The molecule has 2 aromatic carbocycles. The van der Waals surface area contributed by atoms with Gasteiger partial charge in [0.15, 0.2) is 24.7 Å². The molecule has 2 aromatic heterocycles. The van der Waals surface area contributed by atoms with Crippen LogP contribution >= 0.6 is 0 Å². The Bertz CT molecular complexity index is 3900. The molecule has 0 saturated carbocycles. The molecule has 29 heteroatoms. The lowest BCUT2D eigenvalue weighted by atomic mass is 10.0. The van der Waals surface area contributed by atoms with E-state index in [1.54, 1.807) is 26.5 Å². The van der Waals surface area contributed by atoms with Crippen LogP contribution in [0.4, 0.5) is 0 Å². The van der Waals surface area contributed by atoms with Crippen molar-refractivity contribution in [2.45, 2.75) is 349 Å². The Balaban J connectivity index is 0.000000346. The van der Waals surface area contributed by atoms with Gasteiger partial charge in [0.25, 0.3) is 22.9 Å². The monoisotopic (exact) mass is 1770 g/mol. The van der Waals surface area contributed by atoms with E-state index < -0.39 is 90.1 Å². The van der Waals surface area contributed by atoms with E-state index in [-0.39, 0.29) is 81.3 Å². The molecule has 0 radical (unpaired) electrons. The van der Waals surface area contributed by atoms with E-state index in [0.717, 1.165) is 64.0 Å². The number of carbonyl (C=O) groups is 6. The lowest BCUT2D eigenvalue weighted by Gasteiger charge is -2.35. The van der Waals surface area contributed by atoms with Crippen molar-refractivity contribution in [1.82, 2.24) is 38.7 Å². The lowest BCUT2D eigenvalue weighted by Crippen LogP contribution is -2.50. The van der Waals surface area contributed by atoms with E-state index in [1.165, 1.54) is 218 Å². The molecule has 4 saturated heterocycles. The molecule has 4 aliphatic rings. The number of esters is 2. The van der Waals surface area contributed by atoms with Crippen LogP contribution < -0.4 is 32.0 Å². The topological polar surface area (TPSA) is 338 Å². The van der Waals surface area contributed by atoms with E-state index >= 15 is 0 Å². The quantitative estimate of drug-likeness (QED) is 0.0273. The predicted molar refractivity (Wildman–Crippen MR) is 486 cm³/mol. The molecular weight excluding hydrogens is 1610 g/mol. The number of amides is 4. The second-order valence-corrected chi connectivity index (χ2v) is 34.7. The van der Waals surface area contributed by atoms with E-state index in [1.807, 2.05) is 58.9 Å². The Kier molecular flexibility index (Phi) is 48.7. The molecule has 8 rings (SSSR count). The summed E-state index contributed by atoms with van der Waals surface area (Å²) in [5, 5.41) is 10.1. The van der Waals surface area contributed by atoms with E-state index in [4.69, 9.17) is 47.4 Å². The third kappa shape index (κ3) is 34.8. The number of methoxy groups -OCH3 is 2. The number of nitrogens with zero attached hydrogens (tertiary/aromatic N) is 6. The molecule has 3 N–H and O–H groups in total. The van der Waals surface area contributed by atoms with Gasteiger partial charge in [0.2, 0.25) is 11.8 Å². The summed E-state index contributed by atoms with van der Waals surface area (Å²) in [5.41, 5.74) is 3.27. The van der Waals surface area contributed by atoms with E-state index in [2.05, 4.69) is 23.8 Å². The van der Waals surface area contributed by atoms with Gasteiger partial charge in [-0.25, -0.2) is 9.59 Å². The first-order chi connectivity index (χ1) is 61.0. The van der Waals surface area contributed by atoms with Gasteiger partial charge in [-0.05, 0) is 107 Å². The maximum absolute atomic E-state index is 13.7. The number of piperazine rings is 2. The summed E-state index contributed by atoms with van der Waals surface area (Å²) >= 11 is 0. The van der Waals surface area contributed by atoms with Gasteiger partial charge in [-0.1, -0.05) is 213 Å². The zero-order valence-electron chi connectivity index (χ0n) is 78.1. The highest BCUT2D eigenvalue weighted by atomic mass is 16.6. The van der Waals surface area contributed by atoms with E-state index in [9.17, 15) is 53.1 Å². The highest BCUT2D eigenvalue weighted by molar-refractivity contribution is 5.96. The molecule has 29 nitrogen and oxygen atoms in total. The average Bonchev–Trinajstić information content (AvgIpc) is 1.64. The van der Waals surface area contributed by atoms with Crippen molar-refractivity contribution < 1.29 is 81.2 Å². The molecule has 4 fully saturated rings. The smallest absolute Gasteiger partial charge is 0.330 e. The van der Waals surface area contributed by atoms with Crippen molar-refractivity contribution in [1.29, 1.82) is 0 Å². The fraction of sp³-hybridized carbons (Fsp3) is 0.732. The van der Waals surface area contributed by atoms with Crippen LogP contribution in [0.1, 0.15) is 325 Å². The molecule has 2 unspecified atom stereocenters. The van der Waals surface area contributed by atoms with Crippen molar-refractivity contribution in [3.05, 3.63) is 123 Å². The number of aryl methyl sites for hydroxylation is 4. The average molecular weight is 1770 g/mol. The Morgan fingerprint density at radius 2 is 0.690 bits per heavy atom. The summed E-state index contributed by atoms with van der Waals surface area (Å²) in [5.74, 6) is -0.487. The van der Waals surface area contributed by atoms with Gasteiger partial charge in [0.1, 0.15) is 29.8 Å². The van der Waals surface area contributed by atoms with Crippen LogP contribution in [0.2, 0.25) is 0 Å². The zero-order chi connectivity index (χ0) is 91.1. The molecule has 0 bridgehead atoms. The highest BCUT2D eigenvalue weighted by Gasteiger charge is 2.51. The van der Waals surface area contributed by atoms with Crippen LogP contribution in [0.3, 0.4) is 0 Å². The van der Waals surface area contributed by atoms with Crippen LogP contribution in [0.15, 0.2) is 55.8 Å². The maximum Gasteiger partial charge on any atom is 0.330 e. The Labute approximate surface area is 748 Å². The number of aromatic amines is 2. The van der Waals surface area contributed by atoms with Crippen LogP contribution in [-0.4, -0.2) is 229 Å². The summed E-state index contributed by atoms with van der Waals surface area (Å²) in [6.07, 6.45) is 37.1. The number of nitrogens with one attached hydrogen (secondary N) is 2. The number of H-pyrrole nitrogens is 2. The van der Waals surface area contributed by atoms with Crippen LogP contribution in [-0.2, 0) is 57.1 Å². The first-order valence-corrected chi connectivity index (χ1v) is 47.8. The number of rotatable bonds is 58. The molecule has 4 amide bonds. The zero-order valence-corrected chi connectivity index (χ0v) is 78.1. The number of aliphatic hydroxyl groups excluding tert-OH is 1. The van der Waals surface area contributed by atoms with Crippen molar-refractivity contribution >= 4 is 35.6 Å². The summed E-state index contributed by atoms with van der Waals surface area (Å²) in [6, 6.07) is 7.50. The fourth-order valence-electron chi connectivity index (χ4n) is 16.8. The molecule has 4 aliphatic heterocycles. The molecule has 0 spiro atoms.